The van der Waals surface area contributed by atoms with Crippen LogP contribution in [-0.2, 0) is 9.31 Å². The summed E-state index contributed by atoms with van der Waals surface area (Å²) in [6.45, 7) is 0. The lowest BCUT2D eigenvalue weighted by Gasteiger charge is -2.12. The largest absolute Gasteiger partial charge is 0.728 e. The lowest BCUT2D eigenvalue weighted by molar-refractivity contribution is 0.264. The van der Waals surface area contributed by atoms with E-state index in [1.54, 1.807) is 0 Å². The molecule has 0 bridgehead atoms. The zero-order valence-corrected chi connectivity index (χ0v) is 4.15. The molecule has 0 aliphatic carbocycles. The molecule has 0 aromatic heterocycles. The van der Waals surface area contributed by atoms with E-state index in [1.807, 2.05) is 0 Å². The minimum atomic E-state index is -4.40. The molecule has 1 saturated heterocycles. The van der Waals surface area contributed by atoms with Gasteiger partial charge in [0.05, 0.1) is 0 Å². The van der Waals surface area contributed by atoms with Gasteiger partial charge in [0.2, 0.25) is 11.8 Å². The molecule has 9 heavy (non-hydrogen) atoms. The molecule has 7 heteroatoms. The fourth-order valence-electron chi connectivity index (χ4n) is 0.405. The van der Waals surface area contributed by atoms with E-state index >= 15 is 0 Å². The molecule has 50 valence electrons. The summed E-state index contributed by atoms with van der Waals surface area (Å²) in [4.78, 5) is 0. The van der Waals surface area contributed by atoms with E-state index in [0.29, 0.717) is 0 Å². The van der Waals surface area contributed by atoms with Gasteiger partial charge in [0.15, 0.2) is 0 Å². The average molecular weight is 135 g/mol. The Bertz CT molecular complexity index is 163. The molecule has 4 nitrogen and oxygen atoms in total. The van der Waals surface area contributed by atoms with Gasteiger partial charge in [-0.2, -0.15) is 0 Å². The third kappa shape index (κ3) is 0.982. The Hall–Kier alpha value is -1.14. The molecule has 1 rings (SSSR count). The minimum Gasteiger partial charge on any atom is -0.610 e. The lowest BCUT2D eigenvalue weighted by Crippen LogP contribution is -2.24. The number of nitrogens with one attached hydrogen (secondary N) is 2. The normalized spacial score (nSPS) is 23.3. The van der Waals surface area contributed by atoms with Crippen molar-refractivity contribution < 1.29 is 17.9 Å². The third-order valence-electron chi connectivity index (χ3n) is 0.716. The van der Waals surface area contributed by atoms with E-state index in [-0.39, 0.29) is 0 Å². The molecular formula is C2H2BF2N2O2-. The van der Waals surface area contributed by atoms with Gasteiger partial charge in [0.1, 0.15) is 0 Å². The highest BCUT2D eigenvalue weighted by molar-refractivity contribution is 6.65. The molecule has 2 N–H and O–H groups in total. The van der Waals surface area contributed by atoms with E-state index in [9.17, 15) is 8.63 Å². The van der Waals surface area contributed by atoms with Gasteiger partial charge in [-0.25, -0.2) is 0 Å². The molecular weight excluding hydrogens is 133 g/mol. The zero-order chi connectivity index (χ0) is 7.07. The molecule has 1 fully saturated rings. The minimum absolute atomic E-state index is 0.917. The van der Waals surface area contributed by atoms with Crippen molar-refractivity contribution in [2.45, 2.75) is 0 Å². The molecule has 1 aliphatic rings. The van der Waals surface area contributed by atoms with E-state index < -0.39 is 18.9 Å². The van der Waals surface area contributed by atoms with Crippen LogP contribution in [-0.4, -0.2) is 18.9 Å². The molecule has 0 atom stereocenters. The molecule has 0 amide bonds. The van der Waals surface area contributed by atoms with E-state index in [2.05, 4.69) is 9.31 Å². The van der Waals surface area contributed by atoms with Crippen LogP contribution in [0.3, 0.4) is 0 Å². The Kier molecular flexibility index (Phi) is 0.950. The first kappa shape index (κ1) is 5.99. The highest BCUT2D eigenvalue weighted by Crippen LogP contribution is 2.18. The van der Waals surface area contributed by atoms with Crippen LogP contribution in [0.1, 0.15) is 0 Å². The monoisotopic (exact) mass is 135 g/mol. The number of halogens is 2. The van der Waals surface area contributed by atoms with Crippen LogP contribution in [0.25, 0.3) is 0 Å². The molecule has 0 radical (unpaired) electrons. The average Bonchev–Trinajstić information content (AvgIpc) is 1.79. The van der Waals surface area contributed by atoms with Crippen LogP contribution in [0.4, 0.5) is 8.63 Å². The lowest BCUT2D eigenvalue weighted by atomic mass is 10.2. The Morgan fingerprint density at radius 2 is 1.44 bits per heavy atom. The van der Waals surface area contributed by atoms with Gasteiger partial charge in [-0.3, -0.25) is 10.8 Å². The van der Waals surface area contributed by atoms with Crippen molar-refractivity contribution in [3.8, 4) is 0 Å². The van der Waals surface area contributed by atoms with Crippen molar-refractivity contribution in [2.75, 3.05) is 0 Å². The zero-order valence-electron chi connectivity index (χ0n) is 4.15. The molecule has 0 saturated carbocycles. The van der Waals surface area contributed by atoms with Gasteiger partial charge in [-0.1, -0.05) is 0 Å². The Morgan fingerprint density at radius 1 is 1.11 bits per heavy atom. The van der Waals surface area contributed by atoms with Crippen LogP contribution in [0, 0.1) is 10.8 Å². The van der Waals surface area contributed by atoms with E-state index in [4.69, 9.17) is 10.8 Å². The van der Waals surface area contributed by atoms with Gasteiger partial charge in [0, 0.05) is 0 Å². The van der Waals surface area contributed by atoms with Crippen LogP contribution >= 0.6 is 0 Å². The predicted octanol–water partition coefficient (Wildman–Crippen LogP) is 0.362. The number of hydrogen-bond donors (Lipinski definition) is 2. The molecule has 1 aliphatic heterocycles. The van der Waals surface area contributed by atoms with Gasteiger partial charge < -0.3 is 17.9 Å². The molecule has 1 heterocycles. The van der Waals surface area contributed by atoms with Crippen LogP contribution in [0.15, 0.2) is 0 Å². The number of hydrogen-bond acceptors (Lipinski definition) is 4. The summed E-state index contributed by atoms with van der Waals surface area (Å²) in [6, 6.07) is 0. The quantitative estimate of drug-likeness (QED) is 0.470. The van der Waals surface area contributed by atoms with Crippen molar-refractivity contribution >= 4 is 18.9 Å². The Balaban J connectivity index is 2.76. The van der Waals surface area contributed by atoms with Crippen molar-refractivity contribution in [2.24, 2.45) is 0 Å². The maximum atomic E-state index is 11.8. The fourth-order valence-corrected chi connectivity index (χ4v) is 0.405. The van der Waals surface area contributed by atoms with E-state index in [0.717, 1.165) is 0 Å². The Morgan fingerprint density at radius 3 is 1.56 bits per heavy atom. The second kappa shape index (κ2) is 1.43. The van der Waals surface area contributed by atoms with Crippen LogP contribution < -0.4 is 0 Å². The molecule has 0 aromatic carbocycles. The standard InChI is InChI=1S/C2H2BF2N2O2/c4-3(5)8-1(6)2(7)9-3/h6-7H/q-1. The topological polar surface area (TPSA) is 66.2 Å². The molecule has 0 spiro atoms. The first-order chi connectivity index (χ1) is 4.01. The predicted molar refractivity (Wildman–Crippen MR) is 25.6 cm³/mol. The summed E-state index contributed by atoms with van der Waals surface area (Å²) in [5.41, 5.74) is 0. The summed E-state index contributed by atoms with van der Waals surface area (Å²) < 4.78 is 30.6. The molecule has 0 unspecified atom stereocenters. The summed E-state index contributed by atoms with van der Waals surface area (Å²) in [6.07, 6.45) is 0. The SMILES string of the molecule is N=C1O[B-](F)(F)OC1=N. The Labute approximate surface area is 48.9 Å². The van der Waals surface area contributed by atoms with Gasteiger partial charge in [-0.15, -0.1) is 0 Å². The second-order valence-corrected chi connectivity index (χ2v) is 1.43. The van der Waals surface area contributed by atoms with Gasteiger partial charge in [0.25, 0.3) is 0 Å². The fraction of sp³-hybridized carbons (Fsp3) is 0. The first-order valence-corrected chi connectivity index (χ1v) is 2.07. The van der Waals surface area contributed by atoms with Crippen molar-refractivity contribution in [1.82, 2.24) is 0 Å². The van der Waals surface area contributed by atoms with Gasteiger partial charge in [-0.05, 0) is 0 Å². The van der Waals surface area contributed by atoms with Crippen molar-refractivity contribution in [3.05, 3.63) is 0 Å². The number of rotatable bonds is 0. The molecule has 0 aromatic rings. The summed E-state index contributed by atoms with van der Waals surface area (Å²) in [5.74, 6) is -1.83. The maximum Gasteiger partial charge on any atom is 0.728 e. The first-order valence-electron chi connectivity index (χ1n) is 2.07. The maximum absolute atomic E-state index is 11.8. The summed E-state index contributed by atoms with van der Waals surface area (Å²) >= 11 is 0. The van der Waals surface area contributed by atoms with E-state index in [1.165, 1.54) is 0 Å². The van der Waals surface area contributed by atoms with Crippen LogP contribution in [0.5, 0.6) is 0 Å². The highest BCUT2D eigenvalue weighted by Gasteiger charge is 2.42. The van der Waals surface area contributed by atoms with Crippen molar-refractivity contribution in [1.29, 1.82) is 10.8 Å². The van der Waals surface area contributed by atoms with Crippen molar-refractivity contribution in [3.63, 3.8) is 0 Å². The highest BCUT2D eigenvalue weighted by atomic mass is 19.3. The summed E-state index contributed by atoms with van der Waals surface area (Å²) in [5, 5.41) is 12.9. The second-order valence-electron chi connectivity index (χ2n) is 1.43. The third-order valence-corrected chi connectivity index (χ3v) is 0.716. The smallest absolute Gasteiger partial charge is 0.610 e. The summed E-state index contributed by atoms with van der Waals surface area (Å²) in [7, 11) is -4.40. The van der Waals surface area contributed by atoms with Gasteiger partial charge >= 0.3 is 7.11 Å². The van der Waals surface area contributed by atoms with Crippen LogP contribution in [0.2, 0.25) is 0 Å².